The zero-order valence-electron chi connectivity index (χ0n) is 13.5. The fourth-order valence-electron chi connectivity index (χ4n) is 1.94. The zero-order valence-corrected chi connectivity index (χ0v) is 14.3. The minimum absolute atomic E-state index is 0.245. The Morgan fingerprint density at radius 3 is 2.74 bits per heavy atom. The molecule has 0 saturated carbocycles. The van der Waals surface area contributed by atoms with Crippen molar-refractivity contribution in [2.75, 3.05) is 18.5 Å². The summed E-state index contributed by atoms with van der Waals surface area (Å²) in [5.74, 6) is 1.05. The molecule has 0 atom stereocenters. The van der Waals surface area contributed by atoms with Crippen LogP contribution in [0.3, 0.4) is 0 Å². The van der Waals surface area contributed by atoms with E-state index in [0.717, 1.165) is 10.7 Å². The van der Waals surface area contributed by atoms with Gasteiger partial charge in [-0.1, -0.05) is 0 Å². The van der Waals surface area contributed by atoms with Crippen LogP contribution in [0, 0.1) is 6.92 Å². The smallest absolute Gasteiger partial charge is 0.248 e. The van der Waals surface area contributed by atoms with Crippen LogP contribution in [0.1, 0.15) is 24.5 Å². The summed E-state index contributed by atoms with van der Waals surface area (Å²) in [7, 11) is 0. The number of nitrogens with zero attached hydrogens (tertiary/aromatic N) is 1. The molecule has 2 rings (SSSR count). The molecule has 0 spiro atoms. The van der Waals surface area contributed by atoms with Crippen molar-refractivity contribution in [2.45, 2.75) is 20.8 Å². The monoisotopic (exact) mass is 332 g/mol. The van der Waals surface area contributed by atoms with E-state index >= 15 is 0 Å². The van der Waals surface area contributed by atoms with Crippen LogP contribution in [0.25, 0.3) is 6.08 Å². The molecule has 0 bridgehead atoms. The van der Waals surface area contributed by atoms with Crippen molar-refractivity contribution in [3.05, 3.63) is 40.4 Å². The molecule has 0 aliphatic rings. The van der Waals surface area contributed by atoms with Crippen LogP contribution in [0.15, 0.2) is 29.7 Å². The minimum atomic E-state index is -0.245. The highest BCUT2D eigenvalue weighted by atomic mass is 32.1. The maximum atomic E-state index is 12.1. The third-order valence-electron chi connectivity index (χ3n) is 2.86. The van der Waals surface area contributed by atoms with Gasteiger partial charge in [0.1, 0.15) is 11.5 Å². The van der Waals surface area contributed by atoms with Gasteiger partial charge in [-0.05, 0) is 39.0 Å². The highest BCUT2D eigenvalue weighted by Crippen LogP contribution is 2.29. The third-order valence-corrected chi connectivity index (χ3v) is 3.65. The lowest BCUT2D eigenvalue weighted by molar-refractivity contribution is -0.111. The second kappa shape index (κ2) is 8.33. The second-order valence-corrected chi connectivity index (χ2v) is 5.70. The molecule has 2 aromatic rings. The summed E-state index contributed by atoms with van der Waals surface area (Å²) in [5.41, 5.74) is 1.36. The van der Waals surface area contributed by atoms with Crippen LogP contribution in [0.2, 0.25) is 0 Å². The maximum absolute atomic E-state index is 12.1. The Balaban J connectivity index is 2.11. The number of hydrogen-bond donors (Lipinski definition) is 1. The number of carbonyl (C=O) groups excluding carboxylic acids is 1. The zero-order chi connectivity index (χ0) is 16.7. The number of nitrogens with one attached hydrogen (secondary N) is 1. The summed E-state index contributed by atoms with van der Waals surface area (Å²) in [6, 6.07) is 5.36. The summed E-state index contributed by atoms with van der Waals surface area (Å²) < 4.78 is 11.0. The van der Waals surface area contributed by atoms with Gasteiger partial charge in [-0.2, -0.15) is 0 Å². The van der Waals surface area contributed by atoms with Gasteiger partial charge in [0.15, 0.2) is 0 Å². The standard InChI is InChI=1S/C17H20N2O3S/c1-4-21-14-7-8-16(22-5-2)15(10-14)19-17(20)9-6-13-11-23-12(3)18-13/h6-11H,4-5H2,1-3H3,(H,19,20)/b9-6+. The van der Waals surface area contributed by atoms with Crippen molar-refractivity contribution >= 4 is 29.0 Å². The molecule has 1 aromatic heterocycles. The average Bonchev–Trinajstić information content (AvgIpc) is 2.94. The molecule has 0 fully saturated rings. The Bertz CT molecular complexity index is 695. The normalized spacial score (nSPS) is 10.7. The highest BCUT2D eigenvalue weighted by molar-refractivity contribution is 7.09. The van der Waals surface area contributed by atoms with Gasteiger partial charge in [0.05, 0.1) is 29.6 Å². The van der Waals surface area contributed by atoms with Crippen LogP contribution < -0.4 is 14.8 Å². The molecule has 0 saturated heterocycles. The number of thiazole rings is 1. The Morgan fingerprint density at radius 1 is 1.30 bits per heavy atom. The van der Waals surface area contributed by atoms with Crippen molar-refractivity contribution in [1.82, 2.24) is 4.98 Å². The largest absolute Gasteiger partial charge is 0.494 e. The van der Waals surface area contributed by atoms with E-state index in [-0.39, 0.29) is 5.91 Å². The van der Waals surface area contributed by atoms with E-state index in [4.69, 9.17) is 9.47 Å². The van der Waals surface area contributed by atoms with Crippen LogP contribution >= 0.6 is 11.3 Å². The number of carbonyl (C=O) groups is 1. The molecule has 5 nitrogen and oxygen atoms in total. The molecule has 6 heteroatoms. The first-order valence-electron chi connectivity index (χ1n) is 7.43. The van der Waals surface area contributed by atoms with Crippen molar-refractivity contribution in [1.29, 1.82) is 0 Å². The van der Waals surface area contributed by atoms with Crippen LogP contribution in [-0.2, 0) is 4.79 Å². The number of aryl methyl sites for hydroxylation is 1. The topological polar surface area (TPSA) is 60.5 Å². The molecule has 0 radical (unpaired) electrons. The maximum Gasteiger partial charge on any atom is 0.248 e. The predicted octanol–water partition coefficient (Wildman–Crippen LogP) is 3.90. The molecule has 1 heterocycles. The second-order valence-electron chi connectivity index (χ2n) is 4.64. The van der Waals surface area contributed by atoms with Gasteiger partial charge in [-0.15, -0.1) is 11.3 Å². The first-order valence-corrected chi connectivity index (χ1v) is 8.31. The van der Waals surface area contributed by atoms with Crippen molar-refractivity contribution in [2.24, 2.45) is 0 Å². The summed E-state index contributed by atoms with van der Waals surface area (Å²) in [6.07, 6.45) is 3.14. The van der Waals surface area contributed by atoms with Gasteiger partial charge >= 0.3 is 0 Å². The Hall–Kier alpha value is -2.34. The van der Waals surface area contributed by atoms with E-state index in [1.807, 2.05) is 32.2 Å². The van der Waals surface area contributed by atoms with E-state index in [1.54, 1.807) is 29.5 Å². The molecule has 23 heavy (non-hydrogen) atoms. The molecule has 0 unspecified atom stereocenters. The fourth-order valence-corrected chi connectivity index (χ4v) is 2.52. The Labute approximate surface area is 140 Å². The summed E-state index contributed by atoms with van der Waals surface area (Å²) >= 11 is 1.55. The lowest BCUT2D eigenvalue weighted by Crippen LogP contribution is -2.10. The van der Waals surface area contributed by atoms with Gasteiger partial charge in [0, 0.05) is 17.5 Å². The number of hydrogen-bond acceptors (Lipinski definition) is 5. The fraction of sp³-hybridized carbons (Fsp3) is 0.294. The molecule has 1 N–H and O–H groups in total. The first kappa shape index (κ1) is 17.0. The quantitative estimate of drug-likeness (QED) is 0.781. The van der Waals surface area contributed by atoms with E-state index in [0.29, 0.717) is 30.4 Å². The molecular formula is C17H20N2O3S. The summed E-state index contributed by atoms with van der Waals surface area (Å²) in [4.78, 5) is 16.4. The van der Waals surface area contributed by atoms with Gasteiger partial charge < -0.3 is 14.8 Å². The first-order chi connectivity index (χ1) is 11.1. The summed E-state index contributed by atoms with van der Waals surface area (Å²) in [5, 5.41) is 5.69. The lowest BCUT2D eigenvalue weighted by Gasteiger charge is -2.12. The number of rotatable bonds is 7. The Kier molecular flexibility index (Phi) is 6.17. The number of ether oxygens (including phenoxy) is 2. The average molecular weight is 332 g/mol. The number of amides is 1. The minimum Gasteiger partial charge on any atom is -0.494 e. The van der Waals surface area contributed by atoms with Gasteiger partial charge in [0.25, 0.3) is 0 Å². The van der Waals surface area contributed by atoms with Gasteiger partial charge in [0.2, 0.25) is 5.91 Å². The van der Waals surface area contributed by atoms with Crippen LogP contribution in [0.5, 0.6) is 11.5 Å². The third kappa shape index (κ3) is 5.10. The molecule has 122 valence electrons. The van der Waals surface area contributed by atoms with Crippen molar-refractivity contribution < 1.29 is 14.3 Å². The number of aromatic nitrogens is 1. The highest BCUT2D eigenvalue weighted by Gasteiger charge is 2.08. The lowest BCUT2D eigenvalue weighted by atomic mass is 10.2. The molecule has 0 aliphatic carbocycles. The van der Waals surface area contributed by atoms with Gasteiger partial charge in [-0.3, -0.25) is 4.79 Å². The predicted molar refractivity (Wildman–Crippen MR) is 93.3 cm³/mol. The molecular weight excluding hydrogens is 312 g/mol. The number of anilines is 1. The van der Waals surface area contributed by atoms with E-state index in [2.05, 4.69) is 10.3 Å². The van der Waals surface area contributed by atoms with Crippen LogP contribution in [-0.4, -0.2) is 24.1 Å². The van der Waals surface area contributed by atoms with Crippen molar-refractivity contribution in [3.63, 3.8) is 0 Å². The van der Waals surface area contributed by atoms with E-state index in [1.165, 1.54) is 6.08 Å². The van der Waals surface area contributed by atoms with E-state index < -0.39 is 0 Å². The molecule has 1 aromatic carbocycles. The van der Waals surface area contributed by atoms with Gasteiger partial charge in [-0.25, -0.2) is 4.98 Å². The SMILES string of the molecule is CCOc1ccc(OCC)c(NC(=O)/C=C/c2csc(C)n2)c1. The molecule has 1 amide bonds. The summed E-state index contributed by atoms with van der Waals surface area (Å²) in [6.45, 7) is 6.81. The van der Waals surface area contributed by atoms with Crippen molar-refractivity contribution in [3.8, 4) is 11.5 Å². The number of benzene rings is 1. The van der Waals surface area contributed by atoms with E-state index in [9.17, 15) is 4.79 Å². The molecule has 0 aliphatic heterocycles. The van der Waals surface area contributed by atoms with Crippen LogP contribution in [0.4, 0.5) is 5.69 Å². The Morgan fingerprint density at radius 2 is 2.09 bits per heavy atom.